The number of amidine groups is 1. The number of hydrogen-bond acceptors (Lipinski definition) is 3. The monoisotopic (exact) mass is 170 g/mol. The van der Waals surface area contributed by atoms with Crippen LogP contribution >= 0.6 is 0 Å². The first-order valence-electron chi connectivity index (χ1n) is 4.51. The molecule has 0 aliphatic carbocycles. The highest BCUT2D eigenvalue weighted by Crippen LogP contribution is 2.24. The molecule has 0 aromatic carbocycles. The summed E-state index contributed by atoms with van der Waals surface area (Å²) in [5.74, 6) is 0.715. The second-order valence-corrected chi connectivity index (χ2v) is 4.14. The molecule has 0 saturated carbocycles. The molecule has 1 heterocycles. The highest BCUT2D eigenvalue weighted by molar-refractivity contribution is 5.73. The number of hydrogen-bond donors (Lipinski definition) is 1. The van der Waals surface area contributed by atoms with Crippen molar-refractivity contribution in [2.45, 2.75) is 39.2 Å². The van der Waals surface area contributed by atoms with Crippen LogP contribution in [-0.2, 0) is 4.74 Å². The summed E-state index contributed by atoms with van der Waals surface area (Å²) in [4.78, 5) is 4.04. The minimum Gasteiger partial charge on any atom is -0.457 e. The zero-order valence-electron chi connectivity index (χ0n) is 8.13. The fraction of sp³-hybridized carbons (Fsp3) is 0.889. The van der Waals surface area contributed by atoms with Gasteiger partial charge in [0.2, 0.25) is 0 Å². The number of ether oxygens (including phenoxy) is 1. The summed E-state index contributed by atoms with van der Waals surface area (Å²) in [6.07, 6.45) is 2.20. The summed E-state index contributed by atoms with van der Waals surface area (Å²) in [6.45, 7) is 7.20. The van der Waals surface area contributed by atoms with Crippen molar-refractivity contribution in [2.75, 3.05) is 6.54 Å². The van der Waals surface area contributed by atoms with Crippen LogP contribution in [0, 0.1) is 5.92 Å². The smallest absolute Gasteiger partial charge is 0.282 e. The molecule has 3 nitrogen and oxygen atoms in total. The maximum absolute atomic E-state index is 5.44. The third-order valence-corrected chi connectivity index (χ3v) is 2.17. The van der Waals surface area contributed by atoms with E-state index in [1.54, 1.807) is 0 Å². The second-order valence-electron chi connectivity index (χ2n) is 4.14. The molecule has 1 atom stereocenters. The molecular weight excluding hydrogens is 152 g/mol. The van der Waals surface area contributed by atoms with Crippen molar-refractivity contribution in [2.24, 2.45) is 16.6 Å². The van der Waals surface area contributed by atoms with Crippen molar-refractivity contribution in [1.29, 1.82) is 0 Å². The molecule has 0 spiro atoms. The topological polar surface area (TPSA) is 47.6 Å². The lowest BCUT2D eigenvalue weighted by molar-refractivity contribution is 0.0898. The molecule has 0 aromatic heterocycles. The van der Waals surface area contributed by atoms with Gasteiger partial charge in [-0.05, 0) is 25.7 Å². The highest BCUT2D eigenvalue weighted by Gasteiger charge is 2.31. The molecule has 12 heavy (non-hydrogen) atoms. The summed E-state index contributed by atoms with van der Waals surface area (Å²) >= 11 is 0. The van der Waals surface area contributed by atoms with Gasteiger partial charge in [0.15, 0.2) is 0 Å². The number of rotatable bonds is 3. The van der Waals surface area contributed by atoms with E-state index >= 15 is 0 Å². The zero-order valence-corrected chi connectivity index (χ0v) is 8.13. The van der Waals surface area contributed by atoms with Crippen molar-refractivity contribution in [3.8, 4) is 0 Å². The van der Waals surface area contributed by atoms with Gasteiger partial charge in [0, 0.05) is 0 Å². The van der Waals surface area contributed by atoms with Crippen molar-refractivity contribution in [1.82, 2.24) is 0 Å². The summed E-state index contributed by atoms with van der Waals surface area (Å²) in [5, 5.41) is 0. The third-order valence-electron chi connectivity index (χ3n) is 2.17. The molecule has 1 aliphatic rings. The molecule has 0 bridgehead atoms. The zero-order chi connectivity index (χ0) is 9.19. The average molecular weight is 170 g/mol. The van der Waals surface area contributed by atoms with Crippen LogP contribution in [0.4, 0.5) is 0 Å². The van der Waals surface area contributed by atoms with Crippen molar-refractivity contribution in [3.63, 3.8) is 0 Å². The maximum atomic E-state index is 5.44. The second kappa shape index (κ2) is 3.33. The number of nitrogens with two attached hydrogens (primary N) is 1. The average Bonchev–Trinajstić information content (AvgIpc) is 2.29. The Morgan fingerprint density at radius 2 is 2.33 bits per heavy atom. The van der Waals surface area contributed by atoms with Crippen LogP contribution in [-0.4, -0.2) is 18.2 Å². The molecule has 3 heteroatoms. The largest absolute Gasteiger partial charge is 0.457 e. The van der Waals surface area contributed by atoms with E-state index in [-0.39, 0.29) is 5.60 Å². The molecule has 0 saturated heterocycles. The first-order chi connectivity index (χ1) is 5.52. The van der Waals surface area contributed by atoms with Gasteiger partial charge in [-0.15, -0.1) is 0 Å². The fourth-order valence-corrected chi connectivity index (χ4v) is 1.29. The molecule has 0 amide bonds. The van der Waals surface area contributed by atoms with E-state index in [1.807, 2.05) is 0 Å². The molecule has 0 fully saturated rings. The van der Waals surface area contributed by atoms with E-state index in [9.17, 15) is 0 Å². The van der Waals surface area contributed by atoms with Crippen LogP contribution in [0.5, 0.6) is 0 Å². The van der Waals surface area contributed by atoms with Crippen LogP contribution in [0.1, 0.15) is 33.6 Å². The SMILES string of the molecule is CC(C)CCC1(C)CN=C(N)O1. The van der Waals surface area contributed by atoms with E-state index in [1.165, 1.54) is 6.42 Å². The lowest BCUT2D eigenvalue weighted by Gasteiger charge is -2.23. The van der Waals surface area contributed by atoms with Gasteiger partial charge < -0.3 is 10.5 Å². The van der Waals surface area contributed by atoms with Gasteiger partial charge >= 0.3 is 0 Å². The van der Waals surface area contributed by atoms with Crippen LogP contribution < -0.4 is 5.73 Å². The predicted octanol–water partition coefficient (Wildman–Crippen LogP) is 1.53. The summed E-state index contributed by atoms with van der Waals surface area (Å²) in [6, 6.07) is 0.348. The Kier molecular flexibility index (Phi) is 2.60. The van der Waals surface area contributed by atoms with Gasteiger partial charge in [-0.25, -0.2) is 4.99 Å². The Hall–Kier alpha value is -0.730. The van der Waals surface area contributed by atoms with E-state index in [4.69, 9.17) is 10.5 Å². The molecule has 0 aromatic rings. The molecule has 1 rings (SSSR count). The molecule has 0 radical (unpaired) electrons. The minimum atomic E-state index is -0.131. The maximum Gasteiger partial charge on any atom is 0.282 e. The van der Waals surface area contributed by atoms with Crippen LogP contribution in [0.3, 0.4) is 0 Å². The molecule has 70 valence electrons. The Labute approximate surface area is 74.0 Å². The molecule has 1 unspecified atom stereocenters. The normalized spacial score (nSPS) is 28.8. The first-order valence-corrected chi connectivity index (χ1v) is 4.51. The molecular formula is C9H18N2O. The van der Waals surface area contributed by atoms with Gasteiger partial charge in [0.05, 0.1) is 6.54 Å². The Bertz CT molecular complexity index is 189. The summed E-state index contributed by atoms with van der Waals surface area (Å²) < 4.78 is 5.43. The van der Waals surface area contributed by atoms with E-state index in [0.717, 1.165) is 6.42 Å². The Morgan fingerprint density at radius 3 is 2.75 bits per heavy atom. The van der Waals surface area contributed by atoms with Crippen LogP contribution in [0.15, 0.2) is 4.99 Å². The summed E-state index contributed by atoms with van der Waals surface area (Å²) in [7, 11) is 0. The van der Waals surface area contributed by atoms with Gasteiger partial charge in [-0.3, -0.25) is 0 Å². The standard InChI is InChI=1S/C9H18N2O/c1-7(2)4-5-9(3)6-11-8(10)12-9/h7H,4-6H2,1-3H3,(H2,10,11). The number of aliphatic imine (C=N–C) groups is 1. The Morgan fingerprint density at radius 1 is 1.67 bits per heavy atom. The van der Waals surface area contributed by atoms with E-state index in [0.29, 0.717) is 18.5 Å². The quantitative estimate of drug-likeness (QED) is 0.698. The number of nitrogens with zero attached hydrogens (tertiary/aromatic N) is 1. The van der Waals surface area contributed by atoms with Crippen molar-refractivity contribution < 1.29 is 4.74 Å². The van der Waals surface area contributed by atoms with Crippen LogP contribution in [0.25, 0.3) is 0 Å². The third kappa shape index (κ3) is 2.40. The van der Waals surface area contributed by atoms with Crippen LogP contribution in [0.2, 0.25) is 0 Å². The predicted molar refractivity (Wildman–Crippen MR) is 50.1 cm³/mol. The van der Waals surface area contributed by atoms with E-state index < -0.39 is 0 Å². The molecule has 1 aliphatic heterocycles. The Balaban J connectivity index is 2.33. The van der Waals surface area contributed by atoms with Gasteiger partial charge in [-0.2, -0.15) is 0 Å². The van der Waals surface area contributed by atoms with Gasteiger partial charge in [-0.1, -0.05) is 13.8 Å². The van der Waals surface area contributed by atoms with Crippen molar-refractivity contribution >= 4 is 6.02 Å². The summed E-state index contributed by atoms with van der Waals surface area (Å²) in [5.41, 5.74) is 5.31. The first kappa shape index (κ1) is 9.36. The van der Waals surface area contributed by atoms with Gasteiger partial charge in [0.25, 0.3) is 6.02 Å². The minimum absolute atomic E-state index is 0.131. The lowest BCUT2D eigenvalue weighted by atomic mass is 9.95. The lowest BCUT2D eigenvalue weighted by Crippen LogP contribution is -2.31. The fourth-order valence-electron chi connectivity index (χ4n) is 1.29. The van der Waals surface area contributed by atoms with Gasteiger partial charge in [0.1, 0.15) is 5.60 Å². The highest BCUT2D eigenvalue weighted by atomic mass is 16.5. The van der Waals surface area contributed by atoms with Crippen molar-refractivity contribution in [3.05, 3.63) is 0 Å². The van der Waals surface area contributed by atoms with E-state index in [2.05, 4.69) is 25.8 Å². The molecule has 2 N–H and O–H groups in total.